The van der Waals surface area contributed by atoms with Gasteiger partial charge in [0.2, 0.25) is 5.91 Å². The second-order valence-electron chi connectivity index (χ2n) is 7.58. The molecular weight excluding hydrogens is 368 g/mol. The van der Waals surface area contributed by atoms with Crippen molar-refractivity contribution in [1.82, 2.24) is 9.55 Å². The van der Waals surface area contributed by atoms with Gasteiger partial charge in [-0.1, -0.05) is 13.8 Å². The number of hydrogen-bond donors (Lipinski definition) is 2. The van der Waals surface area contributed by atoms with Crippen molar-refractivity contribution in [3.63, 3.8) is 0 Å². The topological polar surface area (TPSA) is 84.6 Å². The molecule has 2 aromatic rings. The monoisotopic (exact) mass is 394 g/mol. The molecule has 2 heterocycles. The van der Waals surface area contributed by atoms with E-state index in [1.54, 1.807) is 12.4 Å². The predicted octanol–water partition coefficient (Wildman–Crippen LogP) is 3.40. The lowest BCUT2D eigenvalue weighted by Gasteiger charge is -2.22. The minimum absolute atomic E-state index is 0. The first-order valence-corrected chi connectivity index (χ1v) is 8.95. The largest absolute Gasteiger partial charge is 0.507 e. The van der Waals surface area contributed by atoms with E-state index in [1.807, 2.05) is 27.7 Å². The van der Waals surface area contributed by atoms with Crippen LogP contribution < -0.4 is 4.74 Å². The number of aromatic nitrogens is 2. The van der Waals surface area contributed by atoms with E-state index < -0.39 is 5.60 Å². The molecule has 7 heteroatoms. The molecule has 0 bridgehead atoms. The van der Waals surface area contributed by atoms with E-state index in [9.17, 15) is 15.0 Å². The number of aromatic hydroxyl groups is 1. The van der Waals surface area contributed by atoms with E-state index in [1.165, 1.54) is 10.9 Å². The van der Waals surface area contributed by atoms with Gasteiger partial charge >= 0.3 is 0 Å². The molecule has 0 spiro atoms. The summed E-state index contributed by atoms with van der Waals surface area (Å²) in [5.41, 5.74) is 2.71. The van der Waals surface area contributed by atoms with Gasteiger partial charge in [-0.05, 0) is 31.7 Å². The van der Waals surface area contributed by atoms with Gasteiger partial charge in [0.15, 0.2) is 0 Å². The number of phenolic OH excluding ortho intramolecular Hbond substituents is 1. The van der Waals surface area contributed by atoms with Gasteiger partial charge in [0, 0.05) is 41.9 Å². The lowest BCUT2D eigenvalue weighted by atomic mass is 9.86. The number of aliphatic hydroxyl groups excluding tert-OH is 1. The number of nitrogens with zero attached hydrogens (tertiary/aromatic N) is 2. The Morgan fingerprint density at radius 1 is 1.44 bits per heavy atom. The molecule has 0 fully saturated rings. The number of fused-ring (bicyclic) bond motifs is 1. The van der Waals surface area contributed by atoms with Gasteiger partial charge in [-0.2, -0.15) is 0 Å². The number of carbonyl (C=O) groups excluding carboxylic acids is 1. The normalized spacial score (nSPS) is 18.1. The van der Waals surface area contributed by atoms with Gasteiger partial charge in [-0.3, -0.25) is 9.36 Å². The Morgan fingerprint density at radius 3 is 2.70 bits per heavy atom. The van der Waals surface area contributed by atoms with Gasteiger partial charge in [-0.15, -0.1) is 12.4 Å². The second kappa shape index (κ2) is 7.90. The second-order valence-corrected chi connectivity index (χ2v) is 7.58. The molecule has 0 aliphatic carbocycles. The summed E-state index contributed by atoms with van der Waals surface area (Å²) in [5.74, 6) is 1.06. The first-order valence-electron chi connectivity index (χ1n) is 8.95. The van der Waals surface area contributed by atoms with Crippen molar-refractivity contribution in [3.8, 4) is 11.5 Å². The standard InChI is InChI=1S/C20H26N2O4.ClH/c1-12(2)17-15-9-20(4,10-23)26-19(15)14(13(3)18(17)25)5-6-16(24)22-8-7-21-11-22;/h7-8,11-12,23,25H,5-6,9-10H2,1-4H3;1H. The number of carbonyl (C=O) groups is 1. The van der Waals surface area contributed by atoms with Gasteiger partial charge in [0.1, 0.15) is 23.4 Å². The Bertz CT molecular complexity index is 833. The van der Waals surface area contributed by atoms with Crippen molar-refractivity contribution in [2.75, 3.05) is 6.61 Å². The first kappa shape index (κ1) is 21.3. The van der Waals surface area contributed by atoms with E-state index in [-0.39, 0.29) is 43.0 Å². The average Bonchev–Trinajstić information content (AvgIpc) is 3.23. The Labute approximate surface area is 165 Å². The molecule has 0 saturated carbocycles. The molecule has 0 saturated heterocycles. The molecule has 27 heavy (non-hydrogen) atoms. The molecule has 0 radical (unpaired) electrons. The van der Waals surface area contributed by atoms with Crippen LogP contribution in [0.4, 0.5) is 0 Å². The van der Waals surface area contributed by atoms with Crippen LogP contribution in [0.2, 0.25) is 0 Å². The predicted molar refractivity (Wildman–Crippen MR) is 105 cm³/mol. The molecule has 0 amide bonds. The smallest absolute Gasteiger partial charge is 0.232 e. The Kier molecular flexibility index (Phi) is 6.22. The van der Waals surface area contributed by atoms with Crippen LogP contribution in [0.3, 0.4) is 0 Å². The fourth-order valence-electron chi connectivity index (χ4n) is 3.70. The van der Waals surface area contributed by atoms with E-state index in [2.05, 4.69) is 4.98 Å². The third kappa shape index (κ3) is 3.82. The zero-order chi connectivity index (χ0) is 19.1. The number of benzene rings is 1. The average molecular weight is 395 g/mol. The Hall–Kier alpha value is -2.05. The summed E-state index contributed by atoms with van der Waals surface area (Å²) in [4.78, 5) is 16.2. The maximum Gasteiger partial charge on any atom is 0.232 e. The van der Waals surface area contributed by atoms with Crippen LogP contribution in [-0.2, 0) is 12.8 Å². The summed E-state index contributed by atoms with van der Waals surface area (Å²) in [5, 5.41) is 20.5. The summed E-state index contributed by atoms with van der Waals surface area (Å²) in [7, 11) is 0. The van der Waals surface area contributed by atoms with Crippen molar-refractivity contribution in [3.05, 3.63) is 41.0 Å². The molecule has 1 atom stereocenters. The van der Waals surface area contributed by atoms with Crippen LogP contribution in [-0.4, -0.2) is 37.9 Å². The van der Waals surface area contributed by atoms with Crippen molar-refractivity contribution >= 4 is 18.3 Å². The lowest BCUT2D eigenvalue weighted by molar-refractivity contribution is 0.0439. The fraction of sp³-hybridized carbons (Fsp3) is 0.500. The molecule has 1 aliphatic rings. The van der Waals surface area contributed by atoms with Gasteiger partial charge in [0.25, 0.3) is 0 Å². The highest BCUT2D eigenvalue weighted by Gasteiger charge is 2.39. The molecule has 1 unspecified atom stereocenters. The van der Waals surface area contributed by atoms with Gasteiger partial charge in [0.05, 0.1) is 6.61 Å². The number of rotatable bonds is 5. The minimum atomic E-state index is -0.699. The van der Waals surface area contributed by atoms with Crippen LogP contribution in [0.25, 0.3) is 0 Å². The van der Waals surface area contributed by atoms with E-state index in [0.29, 0.717) is 12.8 Å². The zero-order valence-corrected chi connectivity index (χ0v) is 17.0. The highest BCUT2D eigenvalue weighted by Crippen LogP contribution is 2.48. The molecule has 148 valence electrons. The number of aliphatic hydroxyl groups is 1. The van der Waals surface area contributed by atoms with Crippen molar-refractivity contribution in [2.24, 2.45) is 0 Å². The van der Waals surface area contributed by atoms with Crippen LogP contribution in [0.5, 0.6) is 11.5 Å². The summed E-state index contributed by atoms with van der Waals surface area (Å²) < 4.78 is 7.59. The van der Waals surface area contributed by atoms with E-state index >= 15 is 0 Å². The number of imidazole rings is 1. The molecule has 3 rings (SSSR count). The number of hydrogen-bond acceptors (Lipinski definition) is 5. The lowest BCUT2D eigenvalue weighted by Crippen LogP contribution is -2.34. The Balaban J connectivity index is 0.00000261. The third-order valence-corrected chi connectivity index (χ3v) is 5.13. The first-order chi connectivity index (χ1) is 12.3. The van der Waals surface area contributed by atoms with Crippen molar-refractivity contribution < 1.29 is 19.7 Å². The van der Waals surface area contributed by atoms with Crippen LogP contribution in [0, 0.1) is 6.92 Å². The molecule has 1 aliphatic heterocycles. The molecule has 1 aromatic heterocycles. The van der Waals surface area contributed by atoms with Crippen LogP contribution in [0.1, 0.15) is 60.2 Å². The van der Waals surface area contributed by atoms with Crippen molar-refractivity contribution in [1.29, 1.82) is 0 Å². The van der Waals surface area contributed by atoms with Gasteiger partial charge < -0.3 is 14.9 Å². The molecule has 2 N–H and O–H groups in total. The molecule has 6 nitrogen and oxygen atoms in total. The van der Waals surface area contributed by atoms with Gasteiger partial charge in [-0.25, -0.2) is 4.98 Å². The molecular formula is C20H27ClN2O4. The van der Waals surface area contributed by atoms with E-state index in [4.69, 9.17) is 4.74 Å². The molecule has 1 aromatic carbocycles. The Morgan fingerprint density at radius 2 is 2.15 bits per heavy atom. The number of phenols is 1. The highest BCUT2D eigenvalue weighted by atomic mass is 35.5. The summed E-state index contributed by atoms with van der Waals surface area (Å²) in [6, 6.07) is 0. The summed E-state index contributed by atoms with van der Waals surface area (Å²) in [6.07, 6.45) is 5.96. The quantitative estimate of drug-likeness (QED) is 0.811. The van der Waals surface area contributed by atoms with Crippen LogP contribution in [0.15, 0.2) is 18.7 Å². The highest BCUT2D eigenvalue weighted by molar-refractivity contribution is 5.85. The maximum absolute atomic E-state index is 12.3. The maximum atomic E-state index is 12.3. The zero-order valence-electron chi connectivity index (χ0n) is 16.2. The number of ether oxygens (including phenoxy) is 1. The van der Waals surface area contributed by atoms with Crippen LogP contribution >= 0.6 is 12.4 Å². The number of halogens is 1. The minimum Gasteiger partial charge on any atom is -0.507 e. The summed E-state index contributed by atoms with van der Waals surface area (Å²) in [6.45, 7) is 7.68. The fourth-order valence-corrected chi connectivity index (χ4v) is 3.70. The third-order valence-electron chi connectivity index (χ3n) is 5.13. The van der Waals surface area contributed by atoms with Crippen molar-refractivity contribution in [2.45, 2.75) is 58.5 Å². The van der Waals surface area contributed by atoms with E-state index in [0.717, 1.165) is 28.0 Å². The summed E-state index contributed by atoms with van der Waals surface area (Å²) >= 11 is 0. The SMILES string of the molecule is Cc1c(O)c(C(C)C)c2c(c1CCC(=O)n1ccnc1)OC(C)(CO)C2.Cl.